The van der Waals surface area contributed by atoms with Crippen LogP contribution in [0.4, 0.5) is 9.18 Å². The van der Waals surface area contributed by atoms with E-state index in [0.717, 1.165) is 0 Å². The van der Waals surface area contributed by atoms with Gasteiger partial charge in [0.2, 0.25) is 0 Å². The molecule has 1 heterocycles. The number of halogens is 1. The van der Waals surface area contributed by atoms with Crippen LogP contribution in [0.1, 0.15) is 31.2 Å². The maximum atomic E-state index is 14.2. The van der Waals surface area contributed by atoms with Gasteiger partial charge in [0, 0.05) is 25.0 Å². The van der Waals surface area contributed by atoms with Gasteiger partial charge in [0.05, 0.1) is 17.9 Å². The van der Waals surface area contributed by atoms with Crippen molar-refractivity contribution in [3.8, 4) is 5.69 Å². The van der Waals surface area contributed by atoms with E-state index < -0.39 is 11.8 Å². The molecular formula is C18H21FN4O3. The highest BCUT2D eigenvalue weighted by molar-refractivity contribution is 5.74. The first-order valence-electron chi connectivity index (χ1n) is 8.57. The molecular weight excluding hydrogens is 339 g/mol. The predicted molar refractivity (Wildman–Crippen MR) is 92.3 cm³/mol. The van der Waals surface area contributed by atoms with Gasteiger partial charge in [0.1, 0.15) is 5.82 Å². The van der Waals surface area contributed by atoms with Crippen molar-refractivity contribution in [3.63, 3.8) is 0 Å². The van der Waals surface area contributed by atoms with E-state index in [2.05, 4.69) is 15.6 Å². The van der Waals surface area contributed by atoms with Gasteiger partial charge in [0.25, 0.3) is 0 Å². The molecule has 3 rings (SSSR count). The SMILES string of the molecule is O=C(NCc1ccc(-n2ccnc2)c(F)c1)NC1CCC(C(=O)O)CC1. The van der Waals surface area contributed by atoms with E-state index in [0.29, 0.717) is 36.9 Å². The zero-order chi connectivity index (χ0) is 18.5. The number of carboxylic acids is 1. The monoisotopic (exact) mass is 360 g/mol. The molecule has 3 N–H and O–H groups in total. The van der Waals surface area contributed by atoms with Crippen molar-refractivity contribution in [2.24, 2.45) is 5.92 Å². The minimum atomic E-state index is -0.769. The summed E-state index contributed by atoms with van der Waals surface area (Å²) in [5.41, 5.74) is 1.04. The lowest BCUT2D eigenvalue weighted by Gasteiger charge is -2.26. The molecule has 1 fully saturated rings. The third-order valence-electron chi connectivity index (χ3n) is 4.66. The molecule has 26 heavy (non-hydrogen) atoms. The molecule has 0 atom stereocenters. The van der Waals surface area contributed by atoms with Crippen LogP contribution in [0.25, 0.3) is 5.69 Å². The van der Waals surface area contributed by atoms with Gasteiger partial charge in [-0.15, -0.1) is 0 Å². The van der Waals surface area contributed by atoms with Crippen molar-refractivity contribution in [1.82, 2.24) is 20.2 Å². The molecule has 0 bridgehead atoms. The number of urea groups is 1. The Morgan fingerprint density at radius 1 is 1.27 bits per heavy atom. The van der Waals surface area contributed by atoms with E-state index in [1.165, 1.54) is 12.4 Å². The van der Waals surface area contributed by atoms with Gasteiger partial charge in [-0.25, -0.2) is 14.2 Å². The molecule has 7 nitrogen and oxygen atoms in total. The maximum Gasteiger partial charge on any atom is 0.315 e. The molecule has 1 aromatic carbocycles. The summed E-state index contributed by atoms with van der Waals surface area (Å²) >= 11 is 0. The van der Waals surface area contributed by atoms with Crippen LogP contribution in [0.15, 0.2) is 36.9 Å². The van der Waals surface area contributed by atoms with Gasteiger partial charge in [-0.1, -0.05) is 6.07 Å². The van der Waals surface area contributed by atoms with Crippen LogP contribution < -0.4 is 10.6 Å². The number of nitrogens with zero attached hydrogens (tertiary/aromatic N) is 2. The molecule has 0 aliphatic heterocycles. The second-order valence-electron chi connectivity index (χ2n) is 6.47. The number of nitrogens with one attached hydrogen (secondary N) is 2. The van der Waals surface area contributed by atoms with Crippen LogP contribution >= 0.6 is 0 Å². The third kappa shape index (κ3) is 4.38. The van der Waals surface area contributed by atoms with E-state index >= 15 is 0 Å². The molecule has 2 amide bonds. The van der Waals surface area contributed by atoms with Crippen LogP contribution in [0.3, 0.4) is 0 Å². The lowest BCUT2D eigenvalue weighted by atomic mass is 9.86. The molecule has 1 aliphatic carbocycles. The standard InChI is InChI=1S/C18H21FN4O3/c19-15-9-12(1-6-16(15)23-8-7-20-11-23)10-21-18(26)22-14-4-2-13(3-5-14)17(24)25/h1,6-9,11,13-14H,2-5,10H2,(H,24,25)(H2,21,22,26). The second kappa shape index (κ2) is 7.99. The first-order valence-corrected chi connectivity index (χ1v) is 8.57. The average molecular weight is 360 g/mol. The normalized spacial score (nSPS) is 19.7. The van der Waals surface area contributed by atoms with Gasteiger partial charge in [-0.3, -0.25) is 4.79 Å². The largest absolute Gasteiger partial charge is 0.481 e. The summed E-state index contributed by atoms with van der Waals surface area (Å²) in [7, 11) is 0. The van der Waals surface area contributed by atoms with E-state index in [-0.39, 0.29) is 24.5 Å². The summed E-state index contributed by atoms with van der Waals surface area (Å²) in [6.07, 6.45) is 7.19. The molecule has 1 aromatic heterocycles. The first kappa shape index (κ1) is 17.9. The van der Waals surface area contributed by atoms with Gasteiger partial charge in [0.15, 0.2) is 0 Å². The lowest BCUT2D eigenvalue weighted by Crippen LogP contribution is -2.43. The fourth-order valence-corrected chi connectivity index (χ4v) is 3.17. The third-order valence-corrected chi connectivity index (χ3v) is 4.66. The second-order valence-corrected chi connectivity index (χ2v) is 6.47. The van der Waals surface area contributed by atoms with Crippen LogP contribution in [0, 0.1) is 11.7 Å². The van der Waals surface area contributed by atoms with E-state index in [4.69, 9.17) is 5.11 Å². The Kier molecular flexibility index (Phi) is 5.50. The fourth-order valence-electron chi connectivity index (χ4n) is 3.17. The molecule has 8 heteroatoms. The lowest BCUT2D eigenvalue weighted by molar-refractivity contribution is -0.142. The highest BCUT2D eigenvalue weighted by atomic mass is 19.1. The van der Waals surface area contributed by atoms with Crippen molar-refractivity contribution in [1.29, 1.82) is 0 Å². The average Bonchev–Trinajstić information content (AvgIpc) is 3.15. The summed E-state index contributed by atoms with van der Waals surface area (Å²) < 4.78 is 15.8. The smallest absolute Gasteiger partial charge is 0.315 e. The van der Waals surface area contributed by atoms with E-state index in [9.17, 15) is 14.0 Å². The Hall–Kier alpha value is -2.90. The van der Waals surface area contributed by atoms with Gasteiger partial charge in [-0.2, -0.15) is 0 Å². The quantitative estimate of drug-likeness (QED) is 0.763. The molecule has 0 spiro atoms. The number of amides is 2. The zero-order valence-corrected chi connectivity index (χ0v) is 14.2. The number of hydrogen-bond donors (Lipinski definition) is 3. The summed E-state index contributed by atoms with van der Waals surface area (Å²) in [5, 5.41) is 14.5. The number of imidazole rings is 1. The van der Waals surface area contributed by atoms with Gasteiger partial charge < -0.3 is 20.3 Å². The fraction of sp³-hybridized carbons (Fsp3) is 0.389. The van der Waals surface area contributed by atoms with E-state index in [1.807, 2.05) is 0 Å². The van der Waals surface area contributed by atoms with Gasteiger partial charge in [-0.05, 0) is 43.4 Å². The first-order chi connectivity index (χ1) is 12.5. The predicted octanol–water partition coefficient (Wildman–Crippen LogP) is 2.45. The number of aromatic nitrogens is 2. The minimum absolute atomic E-state index is 0.0223. The molecule has 0 radical (unpaired) electrons. The molecule has 0 saturated heterocycles. The van der Waals surface area contributed by atoms with Crippen molar-refractivity contribution in [2.45, 2.75) is 38.3 Å². The number of rotatable bonds is 5. The van der Waals surface area contributed by atoms with Crippen molar-refractivity contribution in [3.05, 3.63) is 48.3 Å². The molecule has 1 aliphatic rings. The highest BCUT2D eigenvalue weighted by Gasteiger charge is 2.26. The van der Waals surface area contributed by atoms with Crippen LogP contribution in [-0.2, 0) is 11.3 Å². The number of carbonyl (C=O) groups excluding carboxylic acids is 1. The highest BCUT2D eigenvalue weighted by Crippen LogP contribution is 2.24. The number of aliphatic carboxylic acids is 1. The maximum absolute atomic E-state index is 14.2. The summed E-state index contributed by atoms with van der Waals surface area (Å²) in [5.74, 6) is -1.48. The van der Waals surface area contributed by atoms with Crippen LogP contribution in [-0.4, -0.2) is 32.7 Å². The summed E-state index contributed by atoms with van der Waals surface area (Å²) in [6, 6.07) is 4.41. The zero-order valence-electron chi connectivity index (χ0n) is 14.2. The van der Waals surface area contributed by atoms with Crippen LogP contribution in [0.5, 0.6) is 0 Å². The van der Waals surface area contributed by atoms with Crippen molar-refractivity contribution >= 4 is 12.0 Å². The minimum Gasteiger partial charge on any atom is -0.481 e. The Balaban J connectivity index is 1.48. The number of carboxylic acid groups (broad SMARTS) is 1. The Bertz CT molecular complexity index is 771. The molecule has 1 saturated carbocycles. The van der Waals surface area contributed by atoms with Gasteiger partial charge >= 0.3 is 12.0 Å². The topological polar surface area (TPSA) is 96.3 Å². The summed E-state index contributed by atoms with van der Waals surface area (Å²) in [4.78, 5) is 26.8. The van der Waals surface area contributed by atoms with Crippen LogP contribution in [0.2, 0.25) is 0 Å². The number of benzene rings is 1. The molecule has 0 unspecified atom stereocenters. The number of carbonyl (C=O) groups is 2. The number of hydrogen-bond acceptors (Lipinski definition) is 3. The van der Waals surface area contributed by atoms with Crippen molar-refractivity contribution < 1.29 is 19.1 Å². The Morgan fingerprint density at radius 3 is 2.65 bits per heavy atom. The van der Waals surface area contributed by atoms with E-state index in [1.54, 1.807) is 29.1 Å². The molecule has 138 valence electrons. The molecule has 2 aromatic rings. The van der Waals surface area contributed by atoms with Crippen molar-refractivity contribution in [2.75, 3.05) is 0 Å². The Morgan fingerprint density at radius 2 is 2.04 bits per heavy atom. The Labute approximate surface area is 150 Å². The summed E-state index contributed by atoms with van der Waals surface area (Å²) in [6.45, 7) is 0.206.